The average Bonchev–Trinajstić information content (AvgIpc) is 2.31. The third kappa shape index (κ3) is 3.84. The molecule has 94 valence electrons. The van der Waals surface area contributed by atoms with Crippen molar-refractivity contribution in [2.75, 3.05) is 26.3 Å². The summed E-state index contributed by atoms with van der Waals surface area (Å²) >= 11 is 0. The number of nitrogens with zero attached hydrogens (tertiary/aromatic N) is 1. The maximum absolute atomic E-state index is 11.4. The molecule has 0 saturated carbocycles. The van der Waals surface area contributed by atoms with E-state index in [1.165, 1.54) is 0 Å². The maximum atomic E-state index is 11.4. The summed E-state index contributed by atoms with van der Waals surface area (Å²) in [5.41, 5.74) is 0.910. The number of carboxylic acid groups (broad SMARTS) is 1. The molecule has 4 nitrogen and oxygen atoms in total. The molecule has 1 rings (SSSR count). The normalized spacial score (nSPS) is 17.4. The van der Waals surface area contributed by atoms with Crippen molar-refractivity contribution in [2.24, 2.45) is 0 Å². The van der Waals surface area contributed by atoms with Crippen LogP contribution in [0.25, 0.3) is 0 Å². The van der Waals surface area contributed by atoms with Crippen molar-refractivity contribution in [1.29, 1.82) is 0 Å². The van der Waals surface area contributed by atoms with Crippen LogP contribution in [0.3, 0.4) is 0 Å². The highest BCUT2D eigenvalue weighted by Crippen LogP contribution is 2.18. The van der Waals surface area contributed by atoms with E-state index in [-0.39, 0.29) is 0 Å². The molecule has 0 unspecified atom stereocenters. The molecule has 17 heavy (non-hydrogen) atoms. The van der Waals surface area contributed by atoms with Gasteiger partial charge in [0.05, 0.1) is 13.2 Å². The Bertz CT molecular complexity index is 313. The summed E-state index contributed by atoms with van der Waals surface area (Å²) in [7, 11) is 0. The molecule has 0 fully saturated rings. The Morgan fingerprint density at radius 1 is 1.53 bits per heavy atom. The van der Waals surface area contributed by atoms with Gasteiger partial charge < -0.3 is 9.84 Å². The van der Waals surface area contributed by atoms with Gasteiger partial charge in [-0.05, 0) is 12.0 Å². The van der Waals surface area contributed by atoms with Crippen molar-refractivity contribution in [3.05, 3.63) is 37.0 Å². The fraction of sp³-hybridized carbons (Fsp3) is 0.462. The fourth-order valence-corrected chi connectivity index (χ4v) is 1.96. The summed E-state index contributed by atoms with van der Waals surface area (Å²) in [6, 6.07) is -0.602. The highest BCUT2D eigenvalue weighted by atomic mass is 16.5. The molecule has 1 heterocycles. The molecule has 0 aromatic rings. The van der Waals surface area contributed by atoms with Crippen LogP contribution in [-0.4, -0.2) is 48.3 Å². The molecule has 0 amide bonds. The number of hydrogen-bond donors (Lipinski definition) is 1. The van der Waals surface area contributed by atoms with E-state index in [0.29, 0.717) is 32.7 Å². The number of hydrogen-bond acceptors (Lipinski definition) is 3. The first-order chi connectivity index (χ1) is 8.20. The van der Waals surface area contributed by atoms with Gasteiger partial charge in [0, 0.05) is 13.1 Å². The average molecular weight is 237 g/mol. The van der Waals surface area contributed by atoms with Gasteiger partial charge in [-0.25, -0.2) is 0 Å². The van der Waals surface area contributed by atoms with Crippen molar-refractivity contribution in [1.82, 2.24) is 4.90 Å². The smallest absolute Gasteiger partial charge is 0.325 e. The molecule has 0 aromatic carbocycles. The summed E-state index contributed by atoms with van der Waals surface area (Å²) in [6.45, 7) is 9.46. The van der Waals surface area contributed by atoms with Crippen LogP contribution in [0.2, 0.25) is 0 Å². The van der Waals surface area contributed by atoms with Gasteiger partial charge in [-0.15, -0.1) is 13.2 Å². The van der Waals surface area contributed by atoms with Crippen molar-refractivity contribution in [2.45, 2.75) is 12.5 Å². The number of carbonyl (C=O) groups is 1. The highest BCUT2D eigenvalue weighted by molar-refractivity contribution is 5.77. The van der Waals surface area contributed by atoms with E-state index in [4.69, 9.17) is 4.74 Å². The predicted molar refractivity (Wildman–Crippen MR) is 66.9 cm³/mol. The van der Waals surface area contributed by atoms with Gasteiger partial charge in [0.1, 0.15) is 6.04 Å². The van der Waals surface area contributed by atoms with Crippen molar-refractivity contribution >= 4 is 5.97 Å². The zero-order valence-corrected chi connectivity index (χ0v) is 9.97. The molecule has 0 spiro atoms. The number of aliphatic carboxylic acids is 1. The fourth-order valence-electron chi connectivity index (χ4n) is 1.96. The van der Waals surface area contributed by atoms with Gasteiger partial charge in [-0.1, -0.05) is 18.2 Å². The van der Waals surface area contributed by atoms with E-state index in [1.54, 1.807) is 12.2 Å². The molecular weight excluding hydrogens is 218 g/mol. The Labute approximate surface area is 102 Å². The zero-order chi connectivity index (χ0) is 12.7. The minimum Gasteiger partial charge on any atom is -0.480 e. The summed E-state index contributed by atoms with van der Waals surface area (Å²) in [6.07, 6.45) is 5.95. The van der Waals surface area contributed by atoms with E-state index in [9.17, 15) is 9.90 Å². The maximum Gasteiger partial charge on any atom is 0.325 e. The molecule has 0 radical (unpaired) electrons. The lowest BCUT2D eigenvalue weighted by Gasteiger charge is -2.30. The Balaban J connectivity index is 2.87. The number of ether oxygens (including phenoxy) is 1. The minimum atomic E-state index is -0.832. The molecule has 1 aliphatic rings. The van der Waals surface area contributed by atoms with Crippen LogP contribution in [0.1, 0.15) is 6.42 Å². The van der Waals surface area contributed by atoms with E-state index >= 15 is 0 Å². The molecule has 1 atom stereocenters. The van der Waals surface area contributed by atoms with Gasteiger partial charge >= 0.3 is 5.97 Å². The monoisotopic (exact) mass is 237 g/mol. The molecule has 4 heteroatoms. The van der Waals surface area contributed by atoms with Crippen LogP contribution >= 0.6 is 0 Å². The third-order valence-corrected chi connectivity index (χ3v) is 2.68. The van der Waals surface area contributed by atoms with E-state index in [2.05, 4.69) is 13.2 Å². The first kappa shape index (κ1) is 13.7. The van der Waals surface area contributed by atoms with Crippen LogP contribution in [0.15, 0.2) is 37.0 Å². The first-order valence-electron chi connectivity index (χ1n) is 5.66. The lowest BCUT2D eigenvalue weighted by Crippen LogP contribution is -2.43. The lowest BCUT2D eigenvalue weighted by molar-refractivity contribution is -0.141. The Hall–Kier alpha value is -1.39. The Morgan fingerprint density at radius 3 is 2.59 bits per heavy atom. The SMILES string of the molecule is C=CCN(CC=C)[C@H](C(=O)O)C1=CCOCC1. The van der Waals surface area contributed by atoms with Crippen LogP contribution in [-0.2, 0) is 9.53 Å². The molecule has 0 aromatic heterocycles. The number of rotatable bonds is 7. The van der Waals surface area contributed by atoms with Gasteiger partial charge in [-0.3, -0.25) is 9.69 Å². The molecule has 0 bridgehead atoms. The second kappa shape index (κ2) is 7.04. The number of carboxylic acids is 1. The molecule has 1 aliphatic heterocycles. The first-order valence-corrected chi connectivity index (χ1v) is 5.66. The van der Waals surface area contributed by atoms with Gasteiger partial charge in [-0.2, -0.15) is 0 Å². The summed E-state index contributed by atoms with van der Waals surface area (Å²) in [5, 5.41) is 9.36. The standard InChI is InChI=1S/C13H19NO3/c1-3-7-14(8-4-2)12(13(15)16)11-5-9-17-10-6-11/h3-5,12H,1-2,6-10H2,(H,15,16)/t12-/m0/s1. The van der Waals surface area contributed by atoms with Crippen LogP contribution in [0.5, 0.6) is 0 Å². The second-order valence-corrected chi connectivity index (χ2v) is 3.88. The summed E-state index contributed by atoms with van der Waals surface area (Å²) < 4.78 is 5.20. The summed E-state index contributed by atoms with van der Waals surface area (Å²) in [4.78, 5) is 13.2. The van der Waals surface area contributed by atoms with Crippen molar-refractivity contribution < 1.29 is 14.6 Å². The van der Waals surface area contributed by atoms with Crippen molar-refractivity contribution in [3.63, 3.8) is 0 Å². The van der Waals surface area contributed by atoms with E-state index < -0.39 is 12.0 Å². The van der Waals surface area contributed by atoms with Crippen LogP contribution in [0.4, 0.5) is 0 Å². The summed E-state index contributed by atoms with van der Waals surface area (Å²) in [5.74, 6) is -0.832. The molecule has 1 N–H and O–H groups in total. The predicted octanol–water partition coefficient (Wildman–Crippen LogP) is 1.46. The lowest BCUT2D eigenvalue weighted by atomic mass is 10.0. The van der Waals surface area contributed by atoms with Gasteiger partial charge in [0.15, 0.2) is 0 Å². The molecular formula is C13H19NO3. The van der Waals surface area contributed by atoms with E-state index in [0.717, 1.165) is 5.57 Å². The topological polar surface area (TPSA) is 49.8 Å². The van der Waals surface area contributed by atoms with Gasteiger partial charge in [0.2, 0.25) is 0 Å². The van der Waals surface area contributed by atoms with Crippen molar-refractivity contribution in [3.8, 4) is 0 Å². The quantitative estimate of drug-likeness (QED) is 0.681. The minimum absolute atomic E-state index is 0.495. The molecule has 0 aliphatic carbocycles. The van der Waals surface area contributed by atoms with Crippen LogP contribution < -0.4 is 0 Å². The largest absolute Gasteiger partial charge is 0.480 e. The van der Waals surface area contributed by atoms with E-state index in [1.807, 2.05) is 11.0 Å². The second-order valence-electron chi connectivity index (χ2n) is 3.88. The Morgan fingerprint density at radius 2 is 2.18 bits per heavy atom. The zero-order valence-electron chi connectivity index (χ0n) is 9.97. The third-order valence-electron chi connectivity index (χ3n) is 2.68. The Kier molecular flexibility index (Phi) is 5.66. The highest BCUT2D eigenvalue weighted by Gasteiger charge is 2.28. The van der Waals surface area contributed by atoms with Gasteiger partial charge in [0.25, 0.3) is 0 Å². The van der Waals surface area contributed by atoms with Crippen LogP contribution in [0, 0.1) is 0 Å². The molecule has 0 saturated heterocycles.